The third-order valence-electron chi connectivity index (χ3n) is 3.82. The summed E-state index contributed by atoms with van der Waals surface area (Å²) in [7, 11) is 0. The number of benzene rings is 1. The minimum Gasteiger partial charge on any atom is -0.459 e. The molecule has 0 saturated carbocycles. The molecule has 0 saturated heterocycles. The Kier molecular flexibility index (Phi) is 10.0. The van der Waals surface area contributed by atoms with Gasteiger partial charge in [-0.3, -0.25) is 10.1 Å². The molecule has 10 nitrogen and oxygen atoms in total. The maximum absolute atomic E-state index is 13.0. The monoisotopic (exact) mass is 464 g/mol. The molecule has 2 amide bonds. The predicted molar refractivity (Wildman–Crippen MR) is 120 cm³/mol. The van der Waals surface area contributed by atoms with E-state index in [1.165, 1.54) is 6.08 Å². The van der Waals surface area contributed by atoms with Crippen LogP contribution in [0.15, 0.2) is 42.6 Å². The SMILES string of the molecule is CC(C)(C)OC(=O)N(C(=O)OC(C)(C)C)C(CCC=C[N+](=O)[O-])C(=O)OCc1ccccc1. The highest BCUT2D eigenvalue weighted by molar-refractivity contribution is 5.94. The molecule has 0 aliphatic heterocycles. The second-order valence-corrected chi connectivity index (χ2v) is 9.19. The lowest BCUT2D eigenvalue weighted by molar-refractivity contribution is -0.402. The second-order valence-electron chi connectivity index (χ2n) is 9.19. The number of imide groups is 1. The highest BCUT2D eigenvalue weighted by atomic mass is 16.6. The van der Waals surface area contributed by atoms with Gasteiger partial charge < -0.3 is 14.2 Å². The first-order valence-electron chi connectivity index (χ1n) is 10.5. The maximum Gasteiger partial charge on any atom is 0.420 e. The number of hydrogen-bond acceptors (Lipinski definition) is 8. The van der Waals surface area contributed by atoms with Crippen LogP contribution in [0.2, 0.25) is 0 Å². The van der Waals surface area contributed by atoms with Gasteiger partial charge in [0, 0.05) is 0 Å². The van der Waals surface area contributed by atoms with Crippen molar-refractivity contribution in [1.29, 1.82) is 0 Å². The highest BCUT2D eigenvalue weighted by Crippen LogP contribution is 2.20. The van der Waals surface area contributed by atoms with Gasteiger partial charge in [-0.15, -0.1) is 0 Å². The molecule has 0 aliphatic rings. The van der Waals surface area contributed by atoms with Crippen molar-refractivity contribution in [3.63, 3.8) is 0 Å². The van der Waals surface area contributed by atoms with Crippen LogP contribution in [-0.2, 0) is 25.6 Å². The van der Waals surface area contributed by atoms with Crippen molar-refractivity contribution in [3.05, 3.63) is 58.3 Å². The van der Waals surface area contributed by atoms with Gasteiger partial charge in [0.1, 0.15) is 23.9 Å². The summed E-state index contributed by atoms with van der Waals surface area (Å²) in [5, 5.41) is 10.6. The first kappa shape index (κ1) is 27.6. The van der Waals surface area contributed by atoms with Crippen LogP contribution in [0.1, 0.15) is 59.9 Å². The fraction of sp³-hybridized carbons (Fsp3) is 0.522. The molecule has 0 spiro atoms. The van der Waals surface area contributed by atoms with Crippen LogP contribution in [0.25, 0.3) is 0 Å². The van der Waals surface area contributed by atoms with E-state index >= 15 is 0 Å². The number of nitro groups is 1. The summed E-state index contributed by atoms with van der Waals surface area (Å²) in [6.07, 6.45) is -0.337. The molecule has 33 heavy (non-hydrogen) atoms. The molecular formula is C23H32N2O8. The zero-order chi connectivity index (χ0) is 25.2. The lowest BCUT2D eigenvalue weighted by Crippen LogP contribution is -2.52. The number of rotatable bonds is 8. The molecule has 1 rings (SSSR count). The number of ether oxygens (including phenoxy) is 3. The summed E-state index contributed by atoms with van der Waals surface area (Å²) in [5.74, 6) is -0.870. The maximum atomic E-state index is 13.0. The molecule has 1 unspecified atom stereocenters. The number of amides is 2. The molecule has 0 radical (unpaired) electrons. The van der Waals surface area contributed by atoms with Crippen molar-refractivity contribution < 1.29 is 33.5 Å². The molecule has 182 valence electrons. The van der Waals surface area contributed by atoms with Crippen LogP contribution in [0.4, 0.5) is 9.59 Å². The normalized spacial score (nSPS) is 12.7. The topological polar surface area (TPSA) is 125 Å². The van der Waals surface area contributed by atoms with Crippen molar-refractivity contribution in [2.24, 2.45) is 0 Å². The van der Waals surface area contributed by atoms with Crippen LogP contribution < -0.4 is 0 Å². The predicted octanol–water partition coefficient (Wildman–Crippen LogP) is 4.84. The van der Waals surface area contributed by atoms with Gasteiger partial charge in [-0.25, -0.2) is 14.4 Å². The van der Waals surface area contributed by atoms with Gasteiger partial charge in [-0.2, -0.15) is 4.90 Å². The largest absolute Gasteiger partial charge is 0.459 e. The van der Waals surface area contributed by atoms with Gasteiger partial charge >= 0.3 is 18.2 Å². The molecule has 10 heteroatoms. The lowest BCUT2D eigenvalue weighted by Gasteiger charge is -2.32. The van der Waals surface area contributed by atoms with E-state index in [0.29, 0.717) is 10.5 Å². The van der Waals surface area contributed by atoms with E-state index in [1.54, 1.807) is 65.8 Å². The highest BCUT2D eigenvalue weighted by Gasteiger charge is 2.40. The van der Waals surface area contributed by atoms with E-state index in [4.69, 9.17) is 14.2 Å². The third kappa shape index (κ3) is 11.1. The standard InChI is InChI=1S/C23H32N2O8/c1-22(2,3)32-20(27)25(21(28)33-23(4,5)6)18(14-10-11-15-24(29)30)19(26)31-16-17-12-8-7-9-13-17/h7-9,11-13,15,18H,10,14,16H2,1-6H3. The molecule has 0 heterocycles. The van der Waals surface area contributed by atoms with E-state index in [2.05, 4.69) is 0 Å². The molecule has 1 atom stereocenters. The van der Waals surface area contributed by atoms with E-state index in [9.17, 15) is 24.5 Å². The number of esters is 1. The van der Waals surface area contributed by atoms with E-state index in [0.717, 1.165) is 6.20 Å². The van der Waals surface area contributed by atoms with Gasteiger partial charge in [0.05, 0.1) is 4.92 Å². The van der Waals surface area contributed by atoms with Crippen molar-refractivity contribution in [3.8, 4) is 0 Å². The number of nitrogens with zero attached hydrogens (tertiary/aromatic N) is 2. The Morgan fingerprint density at radius 2 is 1.52 bits per heavy atom. The number of hydrogen-bond donors (Lipinski definition) is 0. The van der Waals surface area contributed by atoms with Crippen molar-refractivity contribution in [1.82, 2.24) is 4.90 Å². The smallest absolute Gasteiger partial charge is 0.420 e. The summed E-state index contributed by atoms with van der Waals surface area (Å²) in [4.78, 5) is 49.3. The Hall–Kier alpha value is -3.43. The first-order valence-corrected chi connectivity index (χ1v) is 10.5. The van der Waals surface area contributed by atoms with Crippen molar-refractivity contribution in [2.45, 2.75) is 78.2 Å². The summed E-state index contributed by atoms with van der Waals surface area (Å²) in [5.41, 5.74) is -1.21. The average Bonchev–Trinajstić information content (AvgIpc) is 2.66. The Balaban J connectivity index is 3.23. The molecule has 0 aliphatic carbocycles. The van der Waals surface area contributed by atoms with E-state index in [-0.39, 0.29) is 19.4 Å². The van der Waals surface area contributed by atoms with Gasteiger partial charge in [0.2, 0.25) is 6.20 Å². The number of carbonyl (C=O) groups excluding carboxylic acids is 3. The zero-order valence-corrected chi connectivity index (χ0v) is 19.9. The van der Waals surface area contributed by atoms with Gasteiger partial charge in [0.15, 0.2) is 0 Å². The molecule has 1 aromatic rings. The summed E-state index contributed by atoms with van der Waals surface area (Å²) in [6.45, 7) is 9.59. The van der Waals surface area contributed by atoms with Crippen LogP contribution in [0.5, 0.6) is 0 Å². The summed E-state index contributed by atoms with van der Waals surface area (Å²) >= 11 is 0. The minimum atomic E-state index is -1.42. The molecule has 0 fully saturated rings. The molecule has 1 aromatic carbocycles. The Labute approximate surface area is 193 Å². The van der Waals surface area contributed by atoms with Crippen molar-refractivity contribution in [2.75, 3.05) is 0 Å². The fourth-order valence-corrected chi connectivity index (χ4v) is 2.54. The quantitative estimate of drug-likeness (QED) is 0.231. The van der Waals surface area contributed by atoms with Crippen LogP contribution >= 0.6 is 0 Å². The van der Waals surface area contributed by atoms with Gasteiger partial charge in [-0.1, -0.05) is 30.3 Å². The number of allylic oxidation sites excluding steroid dienone is 1. The second kappa shape index (κ2) is 12.0. The number of carbonyl (C=O) groups is 3. The van der Waals surface area contributed by atoms with E-state index in [1.807, 2.05) is 6.07 Å². The Morgan fingerprint density at radius 1 is 1.00 bits per heavy atom. The Morgan fingerprint density at radius 3 is 1.97 bits per heavy atom. The summed E-state index contributed by atoms with van der Waals surface area (Å²) in [6, 6.07) is 7.44. The molecule has 0 aromatic heterocycles. The fourth-order valence-electron chi connectivity index (χ4n) is 2.54. The third-order valence-corrected chi connectivity index (χ3v) is 3.82. The van der Waals surface area contributed by atoms with Gasteiger partial charge in [-0.05, 0) is 66.0 Å². The van der Waals surface area contributed by atoms with Crippen molar-refractivity contribution >= 4 is 18.2 Å². The Bertz CT molecular complexity index is 825. The summed E-state index contributed by atoms with van der Waals surface area (Å²) < 4.78 is 16.0. The molecule has 0 bridgehead atoms. The lowest BCUT2D eigenvalue weighted by atomic mass is 10.1. The van der Waals surface area contributed by atoms with Crippen LogP contribution in [0.3, 0.4) is 0 Å². The van der Waals surface area contributed by atoms with Crippen LogP contribution in [0, 0.1) is 10.1 Å². The van der Waals surface area contributed by atoms with E-state index < -0.39 is 40.3 Å². The molecular weight excluding hydrogens is 432 g/mol. The zero-order valence-electron chi connectivity index (χ0n) is 19.9. The minimum absolute atomic E-state index is 0.0220. The van der Waals surface area contributed by atoms with Gasteiger partial charge in [0.25, 0.3) is 0 Å². The first-order chi connectivity index (χ1) is 15.2. The molecule has 0 N–H and O–H groups in total. The van der Waals surface area contributed by atoms with Crippen LogP contribution in [-0.4, -0.2) is 45.2 Å². The average molecular weight is 465 g/mol.